The second-order valence-corrected chi connectivity index (χ2v) is 3.59. The quantitative estimate of drug-likeness (QED) is 0.651. The maximum absolute atomic E-state index is 9.28. The van der Waals surface area contributed by atoms with Crippen molar-refractivity contribution in [3.8, 4) is 0 Å². The zero-order valence-corrected chi connectivity index (χ0v) is 9.29. The molecule has 2 atom stereocenters. The van der Waals surface area contributed by atoms with Gasteiger partial charge in [0.2, 0.25) is 0 Å². The van der Waals surface area contributed by atoms with E-state index in [1.807, 2.05) is 6.92 Å². The fourth-order valence-corrected chi connectivity index (χ4v) is 1.30. The van der Waals surface area contributed by atoms with Gasteiger partial charge in [-0.25, -0.2) is 0 Å². The molecule has 0 radical (unpaired) electrons. The fourth-order valence-electron chi connectivity index (χ4n) is 1.30. The third-order valence-corrected chi connectivity index (χ3v) is 2.30. The zero-order chi connectivity index (χ0) is 10.3. The van der Waals surface area contributed by atoms with E-state index in [9.17, 15) is 5.11 Å². The number of rotatable bonds is 7. The SMILES string of the molecule is CCC(C)N(CCOC)CC(C)O. The normalized spacial score (nSPS) is 16.2. The molecule has 13 heavy (non-hydrogen) atoms. The van der Waals surface area contributed by atoms with Crippen molar-refractivity contribution in [2.24, 2.45) is 0 Å². The molecule has 0 aromatic heterocycles. The van der Waals surface area contributed by atoms with Crippen LogP contribution in [-0.2, 0) is 4.74 Å². The molecule has 2 unspecified atom stereocenters. The number of hydrogen-bond acceptors (Lipinski definition) is 3. The minimum Gasteiger partial charge on any atom is -0.392 e. The third-order valence-electron chi connectivity index (χ3n) is 2.30. The summed E-state index contributed by atoms with van der Waals surface area (Å²) in [6.45, 7) is 8.53. The van der Waals surface area contributed by atoms with Crippen molar-refractivity contribution in [1.82, 2.24) is 4.90 Å². The number of aliphatic hydroxyl groups is 1. The Labute approximate surface area is 81.7 Å². The standard InChI is InChI=1S/C10H23NO2/c1-5-9(2)11(6-7-13-4)8-10(3)12/h9-10,12H,5-8H2,1-4H3. The first-order valence-corrected chi connectivity index (χ1v) is 5.02. The van der Waals surface area contributed by atoms with E-state index in [4.69, 9.17) is 4.74 Å². The first-order valence-electron chi connectivity index (χ1n) is 5.02. The van der Waals surface area contributed by atoms with E-state index in [-0.39, 0.29) is 6.10 Å². The maximum atomic E-state index is 9.28. The highest BCUT2D eigenvalue weighted by atomic mass is 16.5. The Bertz CT molecular complexity index is 117. The Morgan fingerprint density at radius 1 is 1.38 bits per heavy atom. The minimum atomic E-state index is -0.258. The summed E-state index contributed by atoms with van der Waals surface area (Å²) in [6.07, 6.45) is 0.849. The summed E-state index contributed by atoms with van der Waals surface area (Å²) in [6, 6.07) is 0.518. The fraction of sp³-hybridized carbons (Fsp3) is 1.00. The van der Waals surface area contributed by atoms with Gasteiger partial charge in [-0.15, -0.1) is 0 Å². The molecule has 0 bridgehead atoms. The summed E-state index contributed by atoms with van der Waals surface area (Å²) < 4.78 is 5.03. The lowest BCUT2D eigenvalue weighted by atomic mass is 10.2. The van der Waals surface area contributed by atoms with Gasteiger partial charge < -0.3 is 9.84 Å². The summed E-state index contributed by atoms with van der Waals surface area (Å²) in [7, 11) is 1.71. The average molecular weight is 189 g/mol. The van der Waals surface area contributed by atoms with Crippen LogP contribution in [-0.4, -0.2) is 49.0 Å². The molecule has 1 N–H and O–H groups in total. The lowest BCUT2D eigenvalue weighted by Crippen LogP contribution is -2.39. The van der Waals surface area contributed by atoms with Crippen LogP contribution >= 0.6 is 0 Å². The van der Waals surface area contributed by atoms with E-state index in [2.05, 4.69) is 18.7 Å². The average Bonchev–Trinajstić information content (AvgIpc) is 2.10. The number of nitrogens with zero attached hydrogens (tertiary/aromatic N) is 1. The van der Waals surface area contributed by atoms with Gasteiger partial charge >= 0.3 is 0 Å². The molecule has 0 fully saturated rings. The van der Waals surface area contributed by atoms with Crippen molar-refractivity contribution < 1.29 is 9.84 Å². The Morgan fingerprint density at radius 3 is 2.38 bits per heavy atom. The van der Waals surface area contributed by atoms with E-state index >= 15 is 0 Å². The molecular formula is C10H23NO2. The highest BCUT2D eigenvalue weighted by Crippen LogP contribution is 2.04. The second-order valence-electron chi connectivity index (χ2n) is 3.59. The summed E-state index contributed by atoms with van der Waals surface area (Å²) in [4.78, 5) is 2.26. The first-order chi connectivity index (χ1) is 6.11. The Balaban J connectivity index is 3.87. The van der Waals surface area contributed by atoms with Crippen molar-refractivity contribution in [1.29, 1.82) is 0 Å². The smallest absolute Gasteiger partial charge is 0.0639 e. The van der Waals surface area contributed by atoms with Crippen LogP contribution in [0.15, 0.2) is 0 Å². The highest BCUT2D eigenvalue weighted by molar-refractivity contribution is 4.67. The van der Waals surface area contributed by atoms with E-state index in [0.717, 1.165) is 26.1 Å². The van der Waals surface area contributed by atoms with Gasteiger partial charge in [-0.05, 0) is 20.3 Å². The lowest BCUT2D eigenvalue weighted by Gasteiger charge is -2.29. The molecule has 0 aliphatic rings. The monoisotopic (exact) mass is 189 g/mol. The molecule has 80 valence electrons. The number of aliphatic hydroxyl groups excluding tert-OH is 1. The topological polar surface area (TPSA) is 32.7 Å². The minimum absolute atomic E-state index is 0.258. The van der Waals surface area contributed by atoms with Crippen LogP contribution in [0.1, 0.15) is 27.2 Å². The molecule has 0 amide bonds. The molecule has 0 spiro atoms. The predicted octanol–water partition coefficient (Wildman–Crippen LogP) is 1.11. The van der Waals surface area contributed by atoms with Crippen molar-refractivity contribution in [2.45, 2.75) is 39.3 Å². The molecule has 0 saturated heterocycles. The molecule has 3 nitrogen and oxygen atoms in total. The molecule has 0 aliphatic heterocycles. The summed E-state index contributed by atoms with van der Waals surface area (Å²) in [5.74, 6) is 0. The molecule has 0 heterocycles. The van der Waals surface area contributed by atoms with Crippen LogP contribution in [0.5, 0.6) is 0 Å². The predicted molar refractivity (Wildman–Crippen MR) is 54.9 cm³/mol. The summed E-state index contributed by atoms with van der Waals surface area (Å²) in [5, 5.41) is 9.28. The maximum Gasteiger partial charge on any atom is 0.0639 e. The van der Waals surface area contributed by atoms with Crippen molar-refractivity contribution in [3.05, 3.63) is 0 Å². The molecule has 0 aromatic rings. The van der Waals surface area contributed by atoms with E-state index < -0.39 is 0 Å². The highest BCUT2D eigenvalue weighted by Gasteiger charge is 2.13. The van der Waals surface area contributed by atoms with Gasteiger partial charge in [-0.1, -0.05) is 6.92 Å². The van der Waals surface area contributed by atoms with Crippen molar-refractivity contribution in [2.75, 3.05) is 26.8 Å². The Kier molecular flexibility index (Phi) is 7.23. The zero-order valence-electron chi connectivity index (χ0n) is 9.29. The summed E-state index contributed by atoms with van der Waals surface area (Å²) in [5.41, 5.74) is 0. The van der Waals surface area contributed by atoms with Crippen LogP contribution in [0, 0.1) is 0 Å². The number of hydrogen-bond donors (Lipinski definition) is 1. The number of methoxy groups -OCH3 is 1. The van der Waals surface area contributed by atoms with Gasteiger partial charge in [0.05, 0.1) is 12.7 Å². The van der Waals surface area contributed by atoms with E-state index in [1.165, 1.54) is 0 Å². The largest absolute Gasteiger partial charge is 0.392 e. The van der Waals surface area contributed by atoms with Crippen LogP contribution in [0.2, 0.25) is 0 Å². The van der Waals surface area contributed by atoms with Crippen molar-refractivity contribution >= 4 is 0 Å². The molecule has 0 aliphatic carbocycles. The van der Waals surface area contributed by atoms with Crippen LogP contribution in [0.4, 0.5) is 0 Å². The molecule has 0 aromatic carbocycles. The first kappa shape index (κ1) is 12.9. The second kappa shape index (κ2) is 7.30. The third kappa shape index (κ3) is 6.02. The Morgan fingerprint density at radius 2 is 2.00 bits per heavy atom. The van der Waals surface area contributed by atoms with E-state index in [0.29, 0.717) is 6.04 Å². The molecule has 0 rings (SSSR count). The molecule has 3 heteroatoms. The van der Waals surface area contributed by atoms with Crippen molar-refractivity contribution in [3.63, 3.8) is 0 Å². The lowest BCUT2D eigenvalue weighted by molar-refractivity contribution is 0.0749. The molecular weight excluding hydrogens is 166 g/mol. The van der Waals surface area contributed by atoms with Crippen LogP contribution < -0.4 is 0 Å². The number of ether oxygens (including phenoxy) is 1. The molecule has 0 saturated carbocycles. The van der Waals surface area contributed by atoms with Crippen LogP contribution in [0.3, 0.4) is 0 Å². The van der Waals surface area contributed by atoms with Gasteiger partial charge in [0.1, 0.15) is 0 Å². The van der Waals surface area contributed by atoms with Gasteiger partial charge in [0.15, 0.2) is 0 Å². The van der Waals surface area contributed by atoms with Gasteiger partial charge in [0, 0.05) is 26.2 Å². The van der Waals surface area contributed by atoms with Gasteiger partial charge in [-0.3, -0.25) is 4.90 Å². The van der Waals surface area contributed by atoms with Gasteiger partial charge in [-0.2, -0.15) is 0 Å². The summed E-state index contributed by atoms with van der Waals surface area (Å²) >= 11 is 0. The Hall–Kier alpha value is -0.120. The van der Waals surface area contributed by atoms with Gasteiger partial charge in [0.25, 0.3) is 0 Å². The van der Waals surface area contributed by atoms with E-state index in [1.54, 1.807) is 7.11 Å². The van der Waals surface area contributed by atoms with Crippen LogP contribution in [0.25, 0.3) is 0 Å².